The van der Waals surface area contributed by atoms with Gasteiger partial charge in [-0.05, 0) is 60.2 Å². The first-order valence-corrected chi connectivity index (χ1v) is 17.4. The van der Waals surface area contributed by atoms with E-state index in [2.05, 4.69) is 33.9 Å². The van der Waals surface area contributed by atoms with E-state index in [1.54, 1.807) is 6.20 Å². The molecular formula is C36H43N5O5S. The average molecular weight is 658 g/mol. The SMILES string of the molecule is CCc1cncc(CNCC(O)C(Cc2ccccc2)NC(=O)c2cc(C(=O)NC(C)c3ccccc3)cc(N(C)S(C)(=O)=O)c2)c1. The highest BCUT2D eigenvalue weighted by Crippen LogP contribution is 2.22. The zero-order chi connectivity index (χ0) is 34.0. The summed E-state index contributed by atoms with van der Waals surface area (Å²) in [7, 11) is -2.34. The minimum atomic E-state index is -3.70. The normalized spacial score (nSPS) is 13.3. The molecule has 0 aliphatic carbocycles. The molecule has 0 saturated heterocycles. The molecule has 0 bridgehead atoms. The number of benzene rings is 3. The fourth-order valence-corrected chi connectivity index (χ4v) is 5.58. The van der Waals surface area contributed by atoms with Crippen LogP contribution in [0.5, 0.6) is 0 Å². The van der Waals surface area contributed by atoms with E-state index >= 15 is 0 Å². The molecule has 3 atom stereocenters. The van der Waals surface area contributed by atoms with Gasteiger partial charge in [0.15, 0.2) is 0 Å². The number of anilines is 1. The highest BCUT2D eigenvalue weighted by atomic mass is 32.2. The number of amides is 2. The number of aromatic nitrogens is 1. The van der Waals surface area contributed by atoms with Gasteiger partial charge in [0.2, 0.25) is 10.0 Å². The fourth-order valence-electron chi connectivity index (χ4n) is 5.09. The number of hydrogen-bond acceptors (Lipinski definition) is 7. The molecule has 0 fully saturated rings. The zero-order valence-electron chi connectivity index (χ0n) is 27.2. The minimum absolute atomic E-state index is 0.0798. The number of pyridine rings is 1. The molecule has 0 aliphatic heterocycles. The maximum Gasteiger partial charge on any atom is 0.251 e. The largest absolute Gasteiger partial charge is 0.390 e. The number of aryl methyl sites for hydroxylation is 1. The van der Waals surface area contributed by atoms with Gasteiger partial charge in [-0.1, -0.05) is 73.7 Å². The number of hydrogen-bond donors (Lipinski definition) is 4. The molecule has 10 nitrogen and oxygen atoms in total. The van der Waals surface area contributed by atoms with E-state index < -0.39 is 34.0 Å². The third-order valence-electron chi connectivity index (χ3n) is 7.97. The van der Waals surface area contributed by atoms with E-state index in [4.69, 9.17) is 0 Å². The maximum absolute atomic E-state index is 13.8. The minimum Gasteiger partial charge on any atom is -0.390 e. The first kappa shape index (κ1) is 35.3. The van der Waals surface area contributed by atoms with E-state index in [0.29, 0.717) is 13.0 Å². The summed E-state index contributed by atoms with van der Waals surface area (Å²) in [5.41, 5.74) is 4.26. The predicted octanol–water partition coefficient (Wildman–Crippen LogP) is 4.02. The Hall–Kier alpha value is -4.58. The molecule has 11 heteroatoms. The van der Waals surface area contributed by atoms with Crippen molar-refractivity contribution < 1.29 is 23.1 Å². The lowest BCUT2D eigenvalue weighted by Gasteiger charge is -2.25. The molecule has 4 aromatic rings. The van der Waals surface area contributed by atoms with Gasteiger partial charge in [0.1, 0.15) is 0 Å². The number of aliphatic hydroxyl groups excluding tert-OH is 1. The summed E-state index contributed by atoms with van der Waals surface area (Å²) >= 11 is 0. The monoisotopic (exact) mass is 657 g/mol. The molecule has 0 saturated carbocycles. The quantitative estimate of drug-likeness (QED) is 0.151. The number of nitrogens with one attached hydrogen (secondary N) is 3. The third-order valence-corrected chi connectivity index (χ3v) is 9.18. The highest BCUT2D eigenvalue weighted by Gasteiger charge is 2.25. The van der Waals surface area contributed by atoms with Gasteiger partial charge < -0.3 is 21.1 Å². The van der Waals surface area contributed by atoms with Crippen molar-refractivity contribution in [3.8, 4) is 0 Å². The van der Waals surface area contributed by atoms with Crippen LogP contribution in [0.25, 0.3) is 0 Å². The molecule has 1 aromatic heterocycles. The van der Waals surface area contributed by atoms with Crippen molar-refractivity contribution in [2.24, 2.45) is 0 Å². The van der Waals surface area contributed by atoms with Crippen molar-refractivity contribution in [3.63, 3.8) is 0 Å². The third kappa shape index (κ3) is 10.2. The lowest BCUT2D eigenvalue weighted by atomic mass is 10.00. The van der Waals surface area contributed by atoms with Crippen LogP contribution in [-0.4, -0.2) is 62.3 Å². The van der Waals surface area contributed by atoms with Gasteiger partial charge in [-0.3, -0.25) is 18.9 Å². The second kappa shape index (κ2) is 16.3. The second-order valence-corrected chi connectivity index (χ2v) is 13.6. The van der Waals surface area contributed by atoms with Crippen LogP contribution in [0.4, 0.5) is 5.69 Å². The van der Waals surface area contributed by atoms with Crippen LogP contribution in [-0.2, 0) is 29.4 Å². The smallest absolute Gasteiger partial charge is 0.251 e. The standard InChI is InChI=1S/C36H43N5O5S/c1-5-26-16-28(22-37-21-26)23-38-24-34(42)33(17-27-12-8-6-9-13-27)40-36(44)31-18-30(19-32(20-31)41(3)47(4,45)46)35(43)39-25(2)29-14-10-7-11-15-29/h6-16,18-22,25,33-34,38,42H,5,17,23-24H2,1-4H3,(H,39,43)(H,40,44). The molecule has 3 aromatic carbocycles. The van der Waals surface area contributed by atoms with Crippen LogP contribution >= 0.6 is 0 Å². The topological polar surface area (TPSA) is 141 Å². The van der Waals surface area contributed by atoms with Gasteiger partial charge >= 0.3 is 0 Å². The molecule has 1 heterocycles. The Bertz CT molecular complexity index is 1750. The van der Waals surface area contributed by atoms with Crippen molar-refractivity contribution in [2.45, 2.75) is 51.4 Å². The second-order valence-electron chi connectivity index (χ2n) is 11.6. The Morgan fingerprint density at radius 1 is 0.851 bits per heavy atom. The van der Waals surface area contributed by atoms with E-state index in [0.717, 1.165) is 39.2 Å². The van der Waals surface area contributed by atoms with E-state index in [1.807, 2.05) is 73.8 Å². The lowest BCUT2D eigenvalue weighted by molar-refractivity contribution is 0.0830. The van der Waals surface area contributed by atoms with Crippen molar-refractivity contribution >= 4 is 27.5 Å². The summed E-state index contributed by atoms with van der Waals surface area (Å²) in [6.07, 6.45) is 4.88. The number of sulfonamides is 1. The number of rotatable bonds is 15. The molecule has 47 heavy (non-hydrogen) atoms. The molecule has 2 amide bonds. The molecule has 0 aliphatic rings. The zero-order valence-corrected chi connectivity index (χ0v) is 28.0. The Morgan fingerprint density at radius 3 is 2.06 bits per heavy atom. The van der Waals surface area contributed by atoms with Gasteiger partial charge in [-0.15, -0.1) is 0 Å². The van der Waals surface area contributed by atoms with Crippen molar-refractivity contribution in [3.05, 3.63) is 131 Å². The summed E-state index contributed by atoms with van der Waals surface area (Å²) in [5, 5.41) is 20.4. The van der Waals surface area contributed by atoms with Crippen LogP contribution in [0.2, 0.25) is 0 Å². The highest BCUT2D eigenvalue weighted by molar-refractivity contribution is 7.92. The van der Waals surface area contributed by atoms with Crippen LogP contribution in [0.1, 0.15) is 62.9 Å². The fraction of sp³-hybridized carbons (Fsp3) is 0.306. The first-order valence-electron chi connectivity index (χ1n) is 15.6. The number of carbonyl (C=O) groups is 2. The van der Waals surface area contributed by atoms with E-state index in [9.17, 15) is 23.1 Å². The van der Waals surface area contributed by atoms with Crippen molar-refractivity contribution in [1.29, 1.82) is 0 Å². The molecule has 4 rings (SSSR count). The molecule has 0 spiro atoms. The summed E-state index contributed by atoms with van der Waals surface area (Å²) in [4.78, 5) is 31.5. The van der Waals surface area contributed by atoms with Crippen LogP contribution in [0, 0.1) is 0 Å². The summed E-state index contributed by atoms with van der Waals surface area (Å²) in [5.74, 6) is -1.02. The van der Waals surface area contributed by atoms with Gasteiger partial charge in [-0.2, -0.15) is 0 Å². The average Bonchev–Trinajstić information content (AvgIpc) is 3.07. The Labute approximate surface area is 277 Å². The van der Waals surface area contributed by atoms with Crippen LogP contribution < -0.4 is 20.3 Å². The first-order chi connectivity index (χ1) is 22.4. The summed E-state index contributed by atoms with van der Waals surface area (Å²) in [6, 6.07) is 24.2. The lowest BCUT2D eigenvalue weighted by Crippen LogP contribution is -2.48. The number of carbonyl (C=O) groups excluding carboxylic acids is 2. The van der Waals surface area contributed by atoms with E-state index in [-0.39, 0.29) is 29.4 Å². The summed E-state index contributed by atoms with van der Waals surface area (Å²) < 4.78 is 25.9. The van der Waals surface area contributed by atoms with E-state index in [1.165, 1.54) is 25.2 Å². The molecular weight excluding hydrogens is 614 g/mol. The molecule has 3 unspecified atom stereocenters. The Balaban J connectivity index is 1.58. The molecule has 4 N–H and O–H groups in total. The molecule has 0 radical (unpaired) electrons. The van der Waals surface area contributed by atoms with Crippen molar-refractivity contribution in [1.82, 2.24) is 20.9 Å². The van der Waals surface area contributed by atoms with Gasteiger partial charge in [-0.25, -0.2) is 8.42 Å². The maximum atomic E-state index is 13.8. The summed E-state index contributed by atoms with van der Waals surface area (Å²) in [6.45, 7) is 4.58. The predicted molar refractivity (Wildman–Crippen MR) is 185 cm³/mol. The number of nitrogens with zero attached hydrogens (tertiary/aromatic N) is 2. The molecule has 248 valence electrons. The van der Waals surface area contributed by atoms with Gasteiger partial charge in [0, 0.05) is 43.7 Å². The van der Waals surface area contributed by atoms with Crippen LogP contribution in [0.15, 0.2) is 97.3 Å². The number of aliphatic hydroxyl groups is 1. The van der Waals surface area contributed by atoms with Crippen LogP contribution in [0.3, 0.4) is 0 Å². The van der Waals surface area contributed by atoms with Crippen molar-refractivity contribution in [2.75, 3.05) is 24.2 Å². The Morgan fingerprint density at radius 2 is 1.45 bits per heavy atom. The Kier molecular flexibility index (Phi) is 12.2. The van der Waals surface area contributed by atoms with Gasteiger partial charge in [0.05, 0.1) is 30.1 Å². The van der Waals surface area contributed by atoms with Gasteiger partial charge in [0.25, 0.3) is 11.8 Å².